The summed E-state index contributed by atoms with van der Waals surface area (Å²) in [5.41, 5.74) is 5.24. The second-order valence-corrected chi connectivity index (χ2v) is 6.74. The third kappa shape index (κ3) is 4.83. The molecule has 1 unspecified atom stereocenters. The summed E-state index contributed by atoms with van der Waals surface area (Å²) in [6.07, 6.45) is 0.175. The molecule has 0 saturated carbocycles. The first-order valence-corrected chi connectivity index (χ1v) is 7.77. The van der Waals surface area contributed by atoms with Crippen LogP contribution in [0, 0.1) is 5.92 Å². The molecule has 1 amide bonds. The van der Waals surface area contributed by atoms with Gasteiger partial charge in [-0.25, -0.2) is 8.42 Å². The zero-order valence-corrected chi connectivity index (χ0v) is 12.6. The number of carbonyl (C=O) groups excluding carboxylic acids is 1. The quantitative estimate of drug-likeness (QED) is 0.678. The number of nitrogens with two attached hydrogens (primary N) is 1. The number of benzene rings is 1. The minimum absolute atomic E-state index is 0.0195. The van der Waals surface area contributed by atoms with Crippen molar-refractivity contribution in [2.45, 2.75) is 31.2 Å². The predicted molar refractivity (Wildman–Crippen MR) is 76.2 cm³/mol. The molecule has 4 N–H and O–H groups in total. The number of hydrogen-bond acceptors (Lipinski definition) is 4. The van der Waals surface area contributed by atoms with E-state index in [1.54, 1.807) is 13.8 Å². The lowest BCUT2D eigenvalue weighted by Gasteiger charge is -2.16. The van der Waals surface area contributed by atoms with E-state index in [4.69, 9.17) is 10.8 Å². The molecule has 0 spiro atoms. The summed E-state index contributed by atoms with van der Waals surface area (Å²) >= 11 is 0. The molecule has 8 heteroatoms. The number of aliphatic carboxylic acids is 1. The van der Waals surface area contributed by atoms with E-state index in [1.807, 2.05) is 0 Å². The molecule has 0 fully saturated rings. The van der Waals surface area contributed by atoms with Gasteiger partial charge in [-0.15, -0.1) is 0 Å². The number of hydrogen-bond donors (Lipinski definition) is 3. The summed E-state index contributed by atoms with van der Waals surface area (Å²) in [7, 11) is -3.98. The van der Waals surface area contributed by atoms with Crippen molar-refractivity contribution in [1.82, 2.24) is 4.72 Å². The summed E-state index contributed by atoms with van der Waals surface area (Å²) in [6, 6.07) is 3.75. The molecule has 1 aromatic carbocycles. The van der Waals surface area contributed by atoms with Crippen LogP contribution in [0.1, 0.15) is 30.6 Å². The minimum Gasteiger partial charge on any atom is -0.480 e. The lowest BCUT2D eigenvalue weighted by atomic mass is 10.1. The monoisotopic (exact) mass is 314 g/mol. The molecule has 0 aliphatic heterocycles. The number of carboxylic acids is 1. The molecule has 1 atom stereocenters. The van der Waals surface area contributed by atoms with Gasteiger partial charge in [0.15, 0.2) is 0 Å². The van der Waals surface area contributed by atoms with E-state index in [0.717, 1.165) is 0 Å². The highest BCUT2D eigenvalue weighted by Gasteiger charge is 2.26. The van der Waals surface area contributed by atoms with E-state index >= 15 is 0 Å². The third-order valence-corrected chi connectivity index (χ3v) is 4.24. The van der Waals surface area contributed by atoms with Crippen LogP contribution in [0.2, 0.25) is 0 Å². The molecular formula is C13H18N2O5S. The lowest BCUT2D eigenvalue weighted by Crippen LogP contribution is -2.41. The van der Waals surface area contributed by atoms with Crippen LogP contribution in [-0.4, -0.2) is 31.4 Å². The number of sulfonamides is 1. The van der Waals surface area contributed by atoms with E-state index in [0.29, 0.717) is 0 Å². The van der Waals surface area contributed by atoms with Gasteiger partial charge in [0.1, 0.15) is 6.04 Å². The van der Waals surface area contributed by atoms with Gasteiger partial charge in [0.2, 0.25) is 15.9 Å². The number of carboxylic acid groups (broad SMARTS) is 1. The Hall–Kier alpha value is -1.93. The van der Waals surface area contributed by atoms with E-state index < -0.39 is 27.9 Å². The molecule has 0 bridgehead atoms. The SMILES string of the molecule is CC(C)CC(NS(=O)(=O)c1ccc(C(N)=O)cc1)C(=O)O. The zero-order valence-electron chi connectivity index (χ0n) is 11.7. The smallest absolute Gasteiger partial charge is 0.321 e. The van der Waals surface area contributed by atoms with Crippen LogP contribution in [0.3, 0.4) is 0 Å². The number of carbonyl (C=O) groups is 2. The Balaban J connectivity index is 2.98. The Bertz CT molecular complexity index is 622. The Morgan fingerprint density at radius 2 is 1.76 bits per heavy atom. The van der Waals surface area contributed by atoms with Crippen molar-refractivity contribution >= 4 is 21.9 Å². The van der Waals surface area contributed by atoms with Gasteiger partial charge < -0.3 is 10.8 Å². The summed E-state index contributed by atoms with van der Waals surface area (Å²) in [5, 5.41) is 9.06. The molecule has 0 aromatic heterocycles. The fourth-order valence-electron chi connectivity index (χ4n) is 1.72. The number of rotatable bonds is 7. The molecule has 0 aliphatic carbocycles. The van der Waals surface area contributed by atoms with Crippen molar-refractivity contribution in [3.05, 3.63) is 29.8 Å². The third-order valence-electron chi connectivity index (χ3n) is 2.75. The highest BCUT2D eigenvalue weighted by Crippen LogP contribution is 2.13. The summed E-state index contributed by atoms with van der Waals surface area (Å²) < 4.78 is 26.4. The first kappa shape index (κ1) is 17.1. The standard InChI is InChI=1S/C13H18N2O5S/c1-8(2)7-11(13(17)18)15-21(19,20)10-5-3-9(4-6-10)12(14)16/h3-6,8,11,15H,7H2,1-2H3,(H2,14,16)(H,17,18). The summed E-state index contributed by atoms with van der Waals surface area (Å²) in [5.74, 6) is -1.89. The minimum atomic E-state index is -3.98. The van der Waals surface area contributed by atoms with Crippen molar-refractivity contribution < 1.29 is 23.1 Å². The van der Waals surface area contributed by atoms with Crippen LogP contribution in [-0.2, 0) is 14.8 Å². The highest BCUT2D eigenvalue weighted by atomic mass is 32.2. The van der Waals surface area contributed by atoms with Crippen LogP contribution >= 0.6 is 0 Å². The second kappa shape index (κ2) is 6.68. The van der Waals surface area contributed by atoms with Crippen molar-refractivity contribution in [1.29, 1.82) is 0 Å². The fraction of sp³-hybridized carbons (Fsp3) is 0.385. The van der Waals surface area contributed by atoms with Crippen molar-refractivity contribution in [2.24, 2.45) is 11.7 Å². The molecule has 1 rings (SSSR count). The van der Waals surface area contributed by atoms with Crippen LogP contribution in [0.5, 0.6) is 0 Å². The zero-order chi connectivity index (χ0) is 16.2. The molecule has 7 nitrogen and oxygen atoms in total. The maximum absolute atomic E-state index is 12.1. The van der Waals surface area contributed by atoms with Crippen LogP contribution in [0.25, 0.3) is 0 Å². The van der Waals surface area contributed by atoms with E-state index in [9.17, 15) is 18.0 Å². The fourth-order valence-corrected chi connectivity index (χ4v) is 2.93. The van der Waals surface area contributed by atoms with Crippen LogP contribution in [0.15, 0.2) is 29.2 Å². The first-order valence-electron chi connectivity index (χ1n) is 6.28. The van der Waals surface area contributed by atoms with E-state index in [1.165, 1.54) is 24.3 Å². The van der Waals surface area contributed by atoms with Crippen LogP contribution < -0.4 is 10.5 Å². The highest BCUT2D eigenvalue weighted by molar-refractivity contribution is 7.89. The number of amides is 1. The number of primary amides is 1. The largest absolute Gasteiger partial charge is 0.480 e. The molecule has 21 heavy (non-hydrogen) atoms. The van der Waals surface area contributed by atoms with Crippen LogP contribution in [0.4, 0.5) is 0 Å². The average molecular weight is 314 g/mol. The van der Waals surface area contributed by atoms with Gasteiger partial charge >= 0.3 is 5.97 Å². The lowest BCUT2D eigenvalue weighted by molar-refractivity contribution is -0.139. The molecule has 0 radical (unpaired) electrons. The van der Waals surface area contributed by atoms with Crippen molar-refractivity contribution in [2.75, 3.05) is 0 Å². The normalized spacial score (nSPS) is 13.1. The van der Waals surface area contributed by atoms with Crippen molar-refractivity contribution in [3.8, 4) is 0 Å². The molecule has 1 aromatic rings. The first-order chi connectivity index (χ1) is 9.63. The topological polar surface area (TPSA) is 127 Å². The van der Waals surface area contributed by atoms with Gasteiger partial charge in [0, 0.05) is 5.56 Å². The number of nitrogens with one attached hydrogen (secondary N) is 1. The second-order valence-electron chi connectivity index (χ2n) is 5.03. The maximum Gasteiger partial charge on any atom is 0.321 e. The van der Waals surface area contributed by atoms with Gasteiger partial charge in [-0.2, -0.15) is 4.72 Å². The van der Waals surface area contributed by atoms with Crippen molar-refractivity contribution in [3.63, 3.8) is 0 Å². The Morgan fingerprint density at radius 3 is 2.14 bits per heavy atom. The molecule has 116 valence electrons. The van der Waals surface area contributed by atoms with Gasteiger partial charge in [0.05, 0.1) is 4.90 Å². The van der Waals surface area contributed by atoms with E-state index in [-0.39, 0.29) is 22.8 Å². The molecule has 0 heterocycles. The summed E-state index contributed by atoms with van der Waals surface area (Å²) in [6.45, 7) is 3.60. The Kier molecular flexibility index (Phi) is 5.45. The Morgan fingerprint density at radius 1 is 1.24 bits per heavy atom. The van der Waals surface area contributed by atoms with Gasteiger partial charge in [-0.1, -0.05) is 13.8 Å². The Labute approximate surface area is 123 Å². The summed E-state index contributed by atoms with van der Waals surface area (Å²) in [4.78, 5) is 21.9. The average Bonchev–Trinajstić information content (AvgIpc) is 2.37. The molecule has 0 saturated heterocycles. The maximum atomic E-state index is 12.1. The molecular weight excluding hydrogens is 296 g/mol. The predicted octanol–water partition coefficient (Wildman–Crippen LogP) is 0.563. The molecule has 0 aliphatic rings. The van der Waals surface area contributed by atoms with Gasteiger partial charge in [0.25, 0.3) is 0 Å². The van der Waals surface area contributed by atoms with Gasteiger partial charge in [-0.3, -0.25) is 9.59 Å². The van der Waals surface area contributed by atoms with Gasteiger partial charge in [-0.05, 0) is 36.6 Å². The van der Waals surface area contributed by atoms with E-state index in [2.05, 4.69) is 4.72 Å².